The van der Waals surface area contributed by atoms with E-state index in [2.05, 4.69) is 43.0 Å². The number of carbonyl (C=O) groups is 1. The second-order valence-corrected chi connectivity index (χ2v) is 9.83. The van der Waals surface area contributed by atoms with Crippen LogP contribution in [0.2, 0.25) is 0 Å². The SMILES string of the molecule is CCCCCCCCCCC(SC)C(CCCCCCCCC=O)SC. The lowest BCUT2D eigenvalue weighted by Gasteiger charge is -2.24. The first-order chi connectivity index (χ1) is 12.8. The molecule has 0 amide bonds. The molecule has 2 atom stereocenters. The third kappa shape index (κ3) is 16.5. The molecule has 0 aromatic carbocycles. The molecule has 2 unspecified atom stereocenters. The van der Waals surface area contributed by atoms with E-state index in [1.807, 2.05) is 0 Å². The molecule has 0 saturated heterocycles. The van der Waals surface area contributed by atoms with Crippen LogP contribution in [-0.2, 0) is 4.79 Å². The van der Waals surface area contributed by atoms with Gasteiger partial charge in [-0.15, -0.1) is 0 Å². The highest BCUT2D eigenvalue weighted by Crippen LogP contribution is 2.30. The molecule has 0 aliphatic heterocycles. The lowest BCUT2D eigenvalue weighted by molar-refractivity contribution is -0.107. The van der Waals surface area contributed by atoms with Crippen LogP contribution in [0.5, 0.6) is 0 Å². The topological polar surface area (TPSA) is 17.1 Å². The Balaban J connectivity index is 3.69. The predicted octanol–water partition coefficient (Wildman–Crippen LogP) is 8.30. The molecule has 0 radical (unpaired) electrons. The number of carbonyl (C=O) groups excluding carboxylic acids is 1. The summed E-state index contributed by atoms with van der Waals surface area (Å²) in [7, 11) is 0. The summed E-state index contributed by atoms with van der Waals surface area (Å²) >= 11 is 4.20. The minimum atomic E-state index is 0.753. The molecule has 0 fully saturated rings. The maximum atomic E-state index is 10.3. The fourth-order valence-corrected chi connectivity index (χ4v) is 6.02. The second-order valence-electron chi connectivity index (χ2n) is 7.68. The third-order valence-electron chi connectivity index (χ3n) is 5.42. The summed E-state index contributed by atoms with van der Waals surface area (Å²) in [5, 5.41) is 1.68. The minimum Gasteiger partial charge on any atom is -0.303 e. The van der Waals surface area contributed by atoms with E-state index in [-0.39, 0.29) is 0 Å². The number of hydrogen-bond acceptors (Lipinski definition) is 3. The number of thioether (sulfide) groups is 2. The maximum absolute atomic E-state index is 10.3. The normalized spacial score (nSPS) is 13.7. The molecule has 0 aromatic heterocycles. The van der Waals surface area contributed by atoms with Gasteiger partial charge in [-0.2, -0.15) is 23.5 Å². The summed E-state index contributed by atoms with van der Waals surface area (Å²) in [4.78, 5) is 10.3. The zero-order valence-corrected chi connectivity index (χ0v) is 19.6. The van der Waals surface area contributed by atoms with Crippen molar-refractivity contribution < 1.29 is 4.79 Å². The van der Waals surface area contributed by atoms with Gasteiger partial charge in [0.25, 0.3) is 0 Å². The van der Waals surface area contributed by atoms with E-state index in [4.69, 9.17) is 0 Å². The molecule has 3 heteroatoms. The lowest BCUT2D eigenvalue weighted by Crippen LogP contribution is -2.19. The summed E-state index contributed by atoms with van der Waals surface area (Å²) in [5.41, 5.74) is 0. The van der Waals surface area contributed by atoms with Crippen LogP contribution < -0.4 is 0 Å². The van der Waals surface area contributed by atoms with Crippen molar-refractivity contribution in [2.45, 2.75) is 127 Å². The van der Waals surface area contributed by atoms with Crippen LogP contribution in [0.3, 0.4) is 0 Å². The van der Waals surface area contributed by atoms with Crippen LogP contribution in [0.4, 0.5) is 0 Å². The number of hydrogen-bond donors (Lipinski definition) is 0. The molecule has 0 N–H and O–H groups in total. The molecule has 156 valence electrons. The van der Waals surface area contributed by atoms with Crippen LogP contribution in [0, 0.1) is 0 Å². The number of unbranched alkanes of at least 4 members (excludes halogenated alkanes) is 13. The van der Waals surface area contributed by atoms with Crippen LogP contribution in [0.15, 0.2) is 0 Å². The Bertz CT molecular complexity index is 283. The fraction of sp³-hybridized carbons (Fsp3) is 0.957. The van der Waals surface area contributed by atoms with E-state index in [1.54, 1.807) is 0 Å². The van der Waals surface area contributed by atoms with Crippen LogP contribution in [-0.4, -0.2) is 29.3 Å². The smallest absolute Gasteiger partial charge is 0.119 e. The Morgan fingerprint density at radius 1 is 0.615 bits per heavy atom. The standard InChI is InChI=1S/C23H46OS2/c1-4-5-6-7-8-10-13-16-19-22(25-2)23(26-3)20-17-14-11-9-12-15-18-21-24/h21-23H,4-20H2,1-3H3. The van der Waals surface area contributed by atoms with E-state index >= 15 is 0 Å². The van der Waals surface area contributed by atoms with Gasteiger partial charge in [-0.05, 0) is 31.8 Å². The summed E-state index contributed by atoms with van der Waals surface area (Å²) in [6.07, 6.45) is 28.4. The molecular formula is C23H46OS2. The van der Waals surface area contributed by atoms with Crippen LogP contribution >= 0.6 is 23.5 Å². The fourth-order valence-electron chi connectivity index (χ4n) is 3.67. The lowest BCUT2D eigenvalue weighted by atomic mass is 10.0. The quantitative estimate of drug-likeness (QED) is 0.142. The summed E-state index contributed by atoms with van der Waals surface area (Å²) in [6.45, 7) is 2.29. The van der Waals surface area contributed by atoms with Crippen molar-refractivity contribution in [3.63, 3.8) is 0 Å². The molecule has 0 aliphatic rings. The molecule has 26 heavy (non-hydrogen) atoms. The summed E-state index contributed by atoms with van der Waals surface area (Å²) in [6, 6.07) is 0. The van der Waals surface area contributed by atoms with Gasteiger partial charge in [0.15, 0.2) is 0 Å². The average molecular weight is 403 g/mol. The number of rotatable bonds is 21. The minimum absolute atomic E-state index is 0.753. The van der Waals surface area contributed by atoms with Crippen molar-refractivity contribution in [2.75, 3.05) is 12.5 Å². The largest absolute Gasteiger partial charge is 0.303 e. The van der Waals surface area contributed by atoms with Gasteiger partial charge in [-0.1, -0.05) is 90.4 Å². The van der Waals surface area contributed by atoms with Crippen molar-refractivity contribution >= 4 is 29.8 Å². The average Bonchev–Trinajstić information content (AvgIpc) is 2.66. The highest BCUT2D eigenvalue weighted by atomic mass is 32.2. The number of aldehydes is 1. The van der Waals surface area contributed by atoms with Gasteiger partial charge in [-0.3, -0.25) is 0 Å². The molecule has 1 nitrogen and oxygen atoms in total. The van der Waals surface area contributed by atoms with E-state index in [1.165, 1.54) is 96.3 Å². The Labute approximate surface area is 173 Å². The Hall–Kier alpha value is 0.370. The van der Waals surface area contributed by atoms with Gasteiger partial charge >= 0.3 is 0 Å². The van der Waals surface area contributed by atoms with Gasteiger partial charge in [0, 0.05) is 16.9 Å². The van der Waals surface area contributed by atoms with Gasteiger partial charge in [0.2, 0.25) is 0 Å². The molecular weight excluding hydrogens is 356 g/mol. The molecule has 0 heterocycles. The van der Waals surface area contributed by atoms with Crippen molar-refractivity contribution in [2.24, 2.45) is 0 Å². The first kappa shape index (κ1) is 26.4. The zero-order chi connectivity index (χ0) is 19.3. The highest BCUT2D eigenvalue weighted by Gasteiger charge is 2.18. The van der Waals surface area contributed by atoms with Gasteiger partial charge < -0.3 is 4.79 Å². The third-order valence-corrected chi connectivity index (χ3v) is 7.93. The van der Waals surface area contributed by atoms with E-state index in [0.29, 0.717) is 0 Å². The first-order valence-electron chi connectivity index (χ1n) is 11.3. The van der Waals surface area contributed by atoms with Gasteiger partial charge in [0.05, 0.1) is 0 Å². The molecule has 0 aliphatic carbocycles. The van der Waals surface area contributed by atoms with Crippen molar-refractivity contribution in [3.8, 4) is 0 Å². The van der Waals surface area contributed by atoms with Crippen molar-refractivity contribution in [1.29, 1.82) is 0 Å². The van der Waals surface area contributed by atoms with E-state index < -0.39 is 0 Å². The van der Waals surface area contributed by atoms with Gasteiger partial charge in [-0.25, -0.2) is 0 Å². The maximum Gasteiger partial charge on any atom is 0.119 e. The van der Waals surface area contributed by atoms with Gasteiger partial charge in [0.1, 0.15) is 6.29 Å². The van der Waals surface area contributed by atoms with E-state index in [9.17, 15) is 4.79 Å². The van der Waals surface area contributed by atoms with Crippen LogP contribution in [0.25, 0.3) is 0 Å². The Morgan fingerprint density at radius 3 is 1.38 bits per heavy atom. The Kier molecular flexibility index (Phi) is 22.0. The molecule has 0 spiro atoms. The van der Waals surface area contributed by atoms with Crippen molar-refractivity contribution in [1.82, 2.24) is 0 Å². The predicted molar refractivity (Wildman–Crippen MR) is 125 cm³/mol. The summed E-state index contributed by atoms with van der Waals surface area (Å²) < 4.78 is 0. The molecule has 0 saturated carbocycles. The van der Waals surface area contributed by atoms with Crippen molar-refractivity contribution in [3.05, 3.63) is 0 Å². The van der Waals surface area contributed by atoms with Crippen LogP contribution in [0.1, 0.15) is 116 Å². The Morgan fingerprint density at radius 2 is 1.00 bits per heavy atom. The van der Waals surface area contributed by atoms with E-state index in [0.717, 1.165) is 29.6 Å². The summed E-state index contributed by atoms with van der Waals surface area (Å²) in [5.74, 6) is 0. The highest BCUT2D eigenvalue weighted by molar-refractivity contribution is 8.03. The molecule has 0 aromatic rings. The monoisotopic (exact) mass is 402 g/mol. The molecule has 0 bridgehead atoms. The molecule has 0 rings (SSSR count). The first-order valence-corrected chi connectivity index (χ1v) is 13.9. The zero-order valence-electron chi connectivity index (χ0n) is 18.0. The second kappa shape index (κ2) is 21.7.